The van der Waals surface area contributed by atoms with Gasteiger partial charge in [0.15, 0.2) is 9.84 Å². The maximum Gasteiger partial charge on any atom is 0.416 e. The molecule has 5 nitrogen and oxygen atoms in total. The van der Waals surface area contributed by atoms with Gasteiger partial charge in [0.05, 0.1) is 16.2 Å². The molecule has 0 atom stereocenters. The van der Waals surface area contributed by atoms with Crippen LogP contribution in [0.15, 0.2) is 29.2 Å². The maximum atomic E-state index is 12.9. The van der Waals surface area contributed by atoms with Gasteiger partial charge < -0.3 is 10.6 Å². The van der Waals surface area contributed by atoms with Gasteiger partial charge in [-0.3, -0.25) is 4.79 Å². The van der Waals surface area contributed by atoms with E-state index >= 15 is 0 Å². The van der Waals surface area contributed by atoms with Crippen LogP contribution in [0.5, 0.6) is 0 Å². The van der Waals surface area contributed by atoms with Gasteiger partial charge in [-0.2, -0.15) is 13.2 Å². The van der Waals surface area contributed by atoms with Gasteiger partial charge in [-0.1, -0.05) is 26.8 Å². The summed E-state index contributed by atoms with van der Waals surface area (Å²) in [6.07, 6.45) is -1.57. The van der Waals surface area contributed by atoms with Crippen molar-refractivity contribution in [1.82, 2.24) is 10.6 Å². The molecule has 0 heterocycles. The summed E-state index contributed by atoms with van der Waals surface area (Å²) in [4.78, 5) is 11.6. The molecule has 170 valence electrons. The van der Waals surface area contributed by atoms with Crippen LogP contribution in [-0.2, 0) is 20.8 Å². The monoisotopic (exact) mass is 448 g/mol. The Labute approximate surface area is 176 Å². The highest BCUT2D eigenvalue weighted by Crippen LogP contribution is 2.32. The van der Waals surface area contributed by atoms with Gasteiger partial charge in [-0.15, -0.1) is 0 Å². The molecule has 2 rings (SSSR count). The van der Waals surface area contributed by atoms with Gasteiger partial charge >= 0.3 is 6.18 Å². The van der Waals surface area contributed by atoms with E-state index in [1.807, 2.05) is 20.8 Å². The number of sulfone groups is 1. The number of amides is 1. The average molecular weight is 449 g/mol. The van der Waals surface area contributed by atoms with E-state index < -0.39 is 27.0 Å². The second-order valence-corrected chi connectivity index (χ2v) is 11.0. The summed E-state index contributed by atoms with van der Waals surface area (Å²) in [6.45, 7) is 6.72. The van der Waals surface area contributed by atoms with Crippen molar-refractivity contribution >= 4 is 15.7 Å². The summed E-state index contributed by atoms with van der Waals surface area (Å²) in [5.41, 5.74) is -1.38. The molecule has 0 spiro atoms. The van der Waals surface area contributed by atoms with Crippen LogP contribution in [-0.4, -0.2) is 39.2 Å². The molecule has 0 aromatic heterocycles. The number of rotatable bonds is 7. The summed E-state index contributed by atoms with van der Waals surface area (Å²) >= 11 is 0. The van der Waals surface area contributed by atoms with Crippen molar-refractivity contribution in [3.05, 3.63) is 29.8 Å². The van der Waals surface area contributed by atoms with Crippen LogP contribution in [0.2, 0.25) is 0 Å². The molecule has 1 aliphatic carbocycles. The number of benzene rings is 1. The van der Waals surface area contributed by atoms with E-state index in [9.17, 15) is 26.4 Å². The molecule has 1 aromatic carbocycles. The maximum absolute atomic E-state index is 12.9. The van der Waals surface area contributed by atoms with Gasteiger partial charge in [-0.05, 0) is 49.8 Å². The number of nitrogens with one attached hydrogen (secondary N) is 2. The van der Waals surface area contributed by atoms with Crippen LogP contribution in [0.4, 0.5) is 13.2 Å². The van der Waals surface area contributed by atoms with Crippen molar-refractivity contribution in [1.29, 1.82) is 0 Å². The van der Waals surface area contributed by atoms with Gasteiger partial charge in [0.1, 0.15) is 0 Å². The Balaban J connectivity index is 1.80. The van der Waals surface area contributed by atoms with Crippen LogP contribution >= 0.6 is 0 Å². The Kier molecular flexibility index (Phi) is 7.96. The Morgan fingerprint density at radius 3 is 2.27 bits per heavy atom. The van der Waals surface area contributed by atoms with E-state index in [4.69, 9.17) is 0 Å². The first-order chi connectivity index (χ1) is 13.8. The van der Waals surface area contributed by atoms with E-state index in [-0.39, 0.29) is 28.5 Å². The lowest BCUT2D eigenvalue weighted by molar-refractivity contribution is -0.137. The minimum Gasteiger partial charge on any atom is -0.354 e. The van der Waals surface area contributed by atoms with Gasteiger partial charge in [0.25, 0.3) is 0 Å². The van der Waals surface area contributed by atoms with Crippen molar-refractivity contribution in [3.8, 4) is 0 Å². The van der Waals surface area contributed by atoms with Crippen molar-refractivity contribution in [3.63, 3.8) is 0 Å². The number of carbonyl (C=O) groups is 1. The molecule has 1 aliphatic rings. The van der Waals surface area contributed by atoms with E-state index in [1.54, 1.807) is 0 Å². The van der Waals surface area contributed by atoms with Crippen molar-refractivity contribution in [2.75, 3.05) is 18.8 Å². The van der Waals surface area contributed by atoms with E-state index in [0.29, 0.717) is 32.0 Å². The normalized spacial score (nSPS) is 20.7. The molecule has 1 aromatic rings. The molecule has 0 saturated heterocycles. The summed E-state index contributed by atoms with van der Waals surface area (Å²) in [7, 11) is -3.77. The average Bonchev–Trinajstić information content (AvgIpc) is 2.65. The standard InChI is InChI=1S/C21H31F3N2O3S/c1-20(2,3)19(27)26-12-11-25-17-9-7-15(8-10-17)14-30(28,29)18-6-4-5-16(13-18)21(22,23)24/h4-6,13,15,17,25H,7-12,14H2,1-3H3,(H,26,27)/t15-,17-. The lowest BCUT2D eigenvalue weighted by Gasteiger charge is -2.29. The Morgan fingerprint density at radius 1 is 1.07 bits per heavy atom. The summed E-state index contributed by atoms with van der Waals surface area (Å²) in [5.74, 6) is -0.209. The fraction of sp³-hybridized carbons (Fsp3) is 0.667. The second kappa shape index (κ2) is 9.68. The molecule has 1 saturated carbocycles. The van der Waals surface area contributed by atoms with Crippen LogP contribution < -0.4 is 10.6 Å². The van der Waals surface area contributed by atoms with E-state index in [0.717, 1.165) is 25.0 Å². The fourth-order valence-electron chi connectivity index (χ4n) is 3.52. The third-order valence-corrected chi connectivity index (χ3v) is 7.23. The molecule has 0 unspecified atom stereocenters. The predicted molar refractivity (Wildman–Crippen MR) is 110 cm³/mol. The first kappa shape index (κ1) is 24.7. The minimum absolute atomic E-state index is 0.00666. The number of halogens is 3. The molecular formula is C21H31F3N2O3S. The Hall–Kier alpha value is -1.61. The SMILES string of the molecule is CC(C)(C)C(=O)NCCN[C@H]1CC[C@H](CS(=O)(=O)c2cccc(C(F)(F)F)c2)CC1. The van der Waals surface area contributed by atoms with Crippen LogP contribution in [0, 0.1) is 11.3 Å². The molecule has 1 fully saturated rings. The van der Waals surface area contributed by atoms with E-state index in [1.165, 1.54) is 6.07 Å². The Morgan fingerprint density at radius 2 is 1.70 bits per heavy atom. The number of hydrogen-bond donors (Lipinski definition) is 2. The fourth-order valence-corrected chi connectivity index (χ4v) is 5.26. The predicted octanol–water partition coefficient (Wildman–Crippen LogP) is 3.79. The van der Waals surface area contributed by atoms with Crippen molar-refractivity contribution < 1.29 is 26.4 Å². The molecule has 1 amide bonds. The molecule has 0 aliphatic heterocycles. The van der Waals surface area contributed by atoms with Crippen LogP contribution in [0.1, 0.15) is 52.0 Å². The molecule has 0 radical (unpaired) electrons. The first-order valence-electron chi connectivity index (χ1n) is 10.2. The third kappa shape index (κ3) is 7.27. The van der Waals surface area contributed by atoms with Crippen molar-refractivity contribution in [2.45, 2.75) is 63.6 Å². The molecule has 9 heteroatoms. The summed E-state index contributed by atoms with van der Waals surface area (Å²) in [6, 6.07) is 4.20. The summed E-state index contributed by atoms with van der Waals surface area (Å²) in [5, 5.41) is 6.25. The topological polar surface area (TPSA) is 75.3 Å². The largest absolute Gasteiger partial charge is 0.416 e. The number of alkyl halides is 3. The smallest absolute Gasteiger partial charge is 0.354 e. The Bertz CT molecular complexity index is 825. The lowest BCUT2D eigenvalue weighted by Crippen LogP contribution is -2.42. The van der Waals surface area contributed by atoms with Gasteiger partial charge in [0, 0.05) is 24.5 Å². The van der Waals surface area contributed by atoms with Crippen molar-refractivity contribution in [2.24, 2.45) is 11.3 Å². The van der Waals surface area contributed by atoms with Gasteiger partial charge in [0.2, 0.25) is 5.91 Å². The number of carbonyl (C=O) groups excluding carboxylic acids is 1. The highest BCUT2D eigenvalue weighted by atomic mass is 32.2. The number of hydrogen-bond acceptors (Lipinski definition) is 4. The molecule has 0 bridgehead atoms. The quantitative estimate of drug-likeness (QED) is 0.623. The second-order valence-electron chi connectivity index (χ2n) is 8.98. The first-order valence-corrected chi connectivity index (χ1v) is 11.9. The summed E-state index contributed by atoms with van der Waals surface area (Å²) < 4.78 is 63.8. The zero-order chi connectivity index (χ0) is 22.6. The molecule has 2 N–H and O–H groups in total. The molecular weight excluding hydrogens is 417 g/mol. The molecule has 30 heavy (non-hydrogen) atoms. The van der Waals surface area contributed by atoms with E-state index in [2.05, 4.69) is 10.6 Å². The lowest BCUT2D eigenvalue weighted by atomic mass is 9.87. The third-order valence-electron chi connectivity index (χ3n) is 5.35. The highest BCUT2D eigenvalue weighted by molar-refractivity contribution is 7.91. The van der Waals surface area contributed by atoms with Crippen LogP contribution in [0.25, 0.3) is 0 Å². The van der Waals surface area contributed by atoms with Crippen LogP contribution in [0.3, 0.4) is 0 Å². The van der Waals surface area contributed by atoms with Gasteiger partial charge in [-0.25, -0.2) is 8.42 Å². The highest BCUT2D eigenvalue weighted by Gasteiger charge is 2.32. The zero-order valence-corrected chi connectivity index (χ0v) is 18.5. The zero-order valence-electron chi connectivity index (χ0n) is 17.7. The minimum atomic E-state index is -4.57.